The molecule has 1 N–H and O–H groups in total. The van der Waals surface area contributed by atoms with Crippen molar-refractivity contribution in [2.45, 2.75) is 32.0 Å². The highest BCUT2D eigenvalue weighted by Crippen LogP contribution is 2.30. The van der Waals surface area contributed by atoms with Gasteiger partial charge in [0.25, 0.3) is 5.91 Å². The molecule has 202 valence electrons. The summed E-state index contributed by atoms with van der Waals surface area (Å²) in [6, 6.07) is 9.88. The van der Waals surface area contributed by atoms with Crippen molar-refractivity contribution in [3.05, 3.63) is 66.0 Å². The van der Waals surface area contributed by atoms with Crippen molar-refractivity contribution < 1.29 is 18.7 Å². The minimum absolute atomic E-state index is 0.00336. The van der Waals surface area contributed by atoms with E-state index in [2.05, 4.69) is 40.0 Å². The lowest BCUT2D eigenvalue weighted by Crippen LogP contribution is -2.37. The third-order valence-electron chi connectivity index (χ3n) is 7.28. The van der Waals surface area contributed by atoms with Gasteiger partial charge in [0, 0.05) is 32.7 Å². The number of carbonyl (C=O) groups is 2. The molecule has 1 atom stereocenters. The molecule has 2 aliphatic rings. The molecular weight excluding hydrogens is 516 g/mol. The fourth-order valence-corrected chi connectivity index (χ4v) is 6.16. The molecule has 4 aromatic rings. The molecule has 0 aliphatic carbocycles. The summed E-state index contributed by atoms with van der Waals surface area (Å²) in [5, 5.41) is 3.03. The Morgan fingerprint density at radius 3 is 2.85 bits per heavy atom. The molecule has 2 amide bonds. The second-order valence-electron chi connectivity index (χ2n) is 9.77. The van der Waals surface area contributed by atoms with Gasteiger partial charge in [-0.2, -0.15) is 0 Å². The van der Waals surface area contributed by atoms with Crippen LogP contribution in [0.2, 0.25) is 0 Å². The van der Waals surface area contributed by atoms with Gasteiger partial charge in [0.15, 0.2) is 12.2 Å². The number of morpholine rings is 1. The van der Waals surface area contributed by atoms with Crippen LogP contribution in [-0.2, 0) is 22.6 Å². The van der Waals surface area contributed by atoms with Crippen LogP contribution in [0.1, 0.15) is 28.1 Å². The van der Waals surface area contributed by atoms with E-state index in [0.29, 0.717) is 29.7 Å². The Hall–Kier alpha value is -3.80. The number of amides is 2. The summed E-state index contributed by atoms with van der Waals surface area (Å²) in [5.41, 5.74) is 2.89. The SMILES string of the molecule is C=CC(=O)N1CCCC1Cn1c(NC(=O)c2ccc(-c3cnco3)s2)nc2cc(CN3CCOCC3)ccc21. The van der Waals surface area contributed by atoms with Gasteiger partial charge in [-0.25, -0.2) is 9.97 Å². The van der Waals surface area contributed by atoms with Crippen LogP contribution in [0.3, 0.4) is 0 Å². The highest BCUT2D eigenvalue weighted by atomic mass is 32.1. The number of likely N-dealkylation sites (tertiary alicyclic amines) is 1. The molecule has 5 heterocycles. The number of carbonyl (C=O) groups excluding carboxylic acids is 2. The molecule has 1 aromatic carbocycles. The molecule has 0 radical (unpaired) electrons. The van der Waals surface area contributed by atoms with Crippen molar-refractivity contribution in [2.75, 3.05) is 38.2 Å². The number of ether oxygens (including phenoxy) is 1. The molecular formula is C28H30N6O4S. The molecule has 0 saturated carbocycles. The van der Waals surface area contributed by atoms with Gasteiger partial charge >= 0.3 is 0 Å². The lowest BCUT2D eigenvalue weighted by atomic mass is 10.1. The van der Waals surface area contributed by atoms with Crippen LogP contribution >= 0.6 is 11.3 Å². The van der Waals surface area contributed by atoms with Gasteiger partial charge < -0.3 is 18.6 Å². The number of benzene rings is 1. The summed E-state index contributed by atoms with van der Waals surface area (Å²) in [7, 11) is 0. The van der Waals surface area contributed by atoms with Crippen LogP contribution < -0.4 is 5.32 Å². The monoisotopic (exact) mass is 546 g/mol. The lowest BCUT2D eigenvalue weighted by molar-refractivity contribution is -0.126. The minimum atomic E-state index is -0.249. The molecule has 10 nitrogen and oxygen atoms in total. The summed E-state index contributed by atoms with van der Waals surface area (Å²) in [6.07, 6.45) is 6.18. The van der Waals surface area contributed by atoms with E-state index < -0.39 is 0 Å². The van der Waals surface area contributed by atoms with E-state index in [1.807, 2.05) is 15.5 Å². The Labute approximate surface area is 229 Å². The molecule has 11 heteroatoms. The molecule has 2 aliphatic heterocycles. The van der Waals surface area contributed by atoms with Crippen LogP contribution in [0, 0.1) is 0 Å². The van der Waals surface area contributed by atoms with Crippen LogP contribution in [-0.4, -0.2) is 75.0 Å². The van der Waals surface area contributed by atoms with Crippen LogP contribution in [0.5, 0.6) is 0 Å². The highest BCUT2D eigenvalue weighted by molar-refractivity contribution is 7.17. The van der Waals surface area contributed by atoms with E-state index in [-0.39, 0.29) is 17.9 Å². The number of fused-ring (bicyclic) bond motifs is 1. The van der Waals surface area contributed by atoms with Crippen LogP contribution in [0.25, 0.3) is 21.7 Å². The minimum Gasteiger partial charge on any atom is -0.443 e. The van der Waals surface area contributed by atoms with Crippen LogP contribution in [0.15, 0.2) is 60.0 Å². The fraction of sp³-hybridized carbons (Fsp3) is 0.357. The average Bonchev–Trinajstić information content (AvgIpc) is 3.76. The van der Waals surface area contributed by atoms with Crippen molar-refractivity contribution in [1.82, 2.24) is 24.3 Å². The lowest BCUT2D eigenvalue weighted by Gasteiger charge is -2.26. The predicted molar refractivity (Wildman–Crippen MR) is 149 cm³/mol. The van der Waals surface area contributed by atoms with Gasteiger partial charge in [-0.1, -0.05) is 12.6 Å². The first kappa shape index (κ1) is 25.5. The first-order valence-electron chi connectivity index (χ1n) is 13.1. The largest absolute Gasteiger partial charge is 0.443 e. The summed E-state index contributed by atoms with van der Waals surface area (Å²) >= 11 is 1.33. The summed E-state index contributed by atoms with van der Waals surface area (Å²) in [5.74, 6) is 0.762. The third kappa shape index (κ3) is 5.38. The number of hydrogen-bond acceptors (Lipinski definition) is 8. The smallest absolute Gasteiger partial charge is 0.268 e. The molecule has 0 bridgehead atoms. The van der Waals surface area contributed by atoms with Gasteiger partial charge in [0.2, 0.25) is 11.9 Å². The van der Waals surface area contributed by atoms with Crippen molar-refractivity contribution in [3.8, 4) is 10.6 Å². The normalized spacial score (nSPS) is 18.1. The van der Waals surface area contributed by atoms with Crippen molar-refractivity contribution in [1.29, 1.82) is 0 Å². The van der Waals surface area contributed by atoms with E-state index in [9.17, 15) is 9.59 Å². The topological polar surface area (TPSA) is 106 Å². The van der Waals surface area contributed by atoms with E-state index in [4.69, 9.17) is 14.1 Å². The third-order valence-corrected chi connectivity index (χ3v) is 8.38. The molecule has 39 heavy (non-hydrogen) atoms. The van der Waals surface area contributed by atoms with E-state index in [0.717, 1.165) is 67.2 Å². The standard InChI is InChI=1S/C28H30N6O4S/c1-2-26(35)33-9-3-4-20(33)17-34-22-6-5-19(16-32-10-12-37-13-11-32)14-21(22)30-28(34)31-27(36)25-8-7-24(39-25)23-15-29-18-38-23/h2,5-8,14-15,18,20H,1,3-4,9-13,16-17H2,(H,30,31,36). The van der Waals surface area contributed by atoms with Gasteiger partial charge in [-0.05, 0) is 48.7 Å². The second-order valence-corrected chi connectivity index (χ2v) is 10.9. The zero-order valence-corrected chi connectivity index (χ0v) is 22.4. The zero-order chi connectivity index (χ0) is 26.8. The first-order chi connectivity index (χ1) is 19.1. The van der Waals surface area contributed by atoms with Crippen LogP contribution in [0.4, 0.5) is 5.95 Å². The molecule has 0 spiro atoms. The quantitative estimate of drug-likeness (QED) is 0.333. The number of nitrogens with zero attached hydrogens (tertiary/aromatic N) is 5. The summed E-state index contributed by atoms with van der Waals surface area (Å²) in [4.78, 5) is 40.2. The molecule has 2 fully saturated rings. The number of nitrogens with one attached hydrogen (secondary N) is 1. The maximum absolute atomic E-state index is 13.3. The van der Waals surface area contributed by atoms with E-state index in [1.54, 1.807) is 12.3 Å². The van der Waals surface area contributed by atoms with Crippen molar-refractivity contribution in [2.24, 2.45) is 0 Å². The number of oxazole rings is 1. The molecule has 6 rings (SSSR count). The number of rotatable bonds is 8. The summed E-state index contributed by atoms with van der Waals surface area (Å²) < 4.78 is 12.9. The van der Waals surface area contributed by atoms with Crippen molar-refractivity contribution in [3.63, 3.8) is 0 Å². The Bertz CT molecular complexity index is 1490. The van der Waals surface area contributed by atoms with Gasteiger partial charge in [0.1, 0.15) is 0 Å². The number of aromatic nitrogens is 3. The Morgan fingerprint density at radius 1 is 1.18 bits per heavy atom. The highest BCUT2D eigenvalue weighted by Gasteiger charge is 2.29. The molecule has 1 unspecified atom stereocenters. The van der Waals surface area contributed by atoms with E-state index in [1.165, 1.54) is 23.8 Å². The maximum Gasteiger partial charge on any atom is 0.268 e. The number of imidazole rings is 1. The van der Waals surface area contributed by atoms with Gasteiger partial charge in [-0.15, -0.1) is 11.3 Å². The first-order valence-corrected chi connectivity index (χ1v) is 13.9. The Morgan fingerprint density at radius 2 is 2.05 bits per heavy atom. The Balaban J connectivity index is 1.30. The second kappa shape index (κ2) is 11.1. The number of thiophene rings is 1. The average molecular weight is 547 g/mol. The van der Waals surface area contributed by atoms with E-state index >= 15 is 0 Å². The predicted octanol–water partition coefficient (Wildman–Crippen LogP) is 4.01. The number of hydrogen-bond donors (Lipinski definition) is 1. The summed E-state index contributed by atoms with van der Waals surface area (Å²) in [6.45, 7) is 9.01. The Kier molecular flexibility index (Phi) is 7.27. The molecule has 2 saturated heterocycles. The maximum atomic E-state index is 13.3. The van der Waals surface area contributed by atoms with Crippen molar-refractivity contribution >= 4 is 40.1 Å². The van der Waals surface area contributed by atoms with Gasteiger partial charge in [-0.3, -0.25) is 19.8 Å². The van der Waals surface area contributed by atoms with Gasteiger partial charge in [0.05, 0.1) is 46.2 Å². The fourth-order valence-electron chi connectivity index (χ4n) is 5.31. The zero-order valence-electron chi connectivity index (χ0n) is 21.5. The number of anilines is 1. The molecule has 3 aromatic heterocycles.